The van der Waals surface area contributed by atoms with Gasteiger partial charge in [0.25, 0.3) is 5.91 Å². The van der Waals surface area contributed by atoms with Crippen molar-refractivity contribution in [1.29, 1.82) is 0 Å². The van der Waals surface area contributed by atoms with Crippen molar-refractivity contribution < 1.29 is 14.3 Å². The third-order valence-corrected chi connectivity index (χ3v) is 5.95. The number of carbonyl (C=O) groups excluding carboxylic acids is 1. The Labute approximate surface area is 184 Å². The van der Waals surface area contributed by atoms with Crippen molar-refractivity contribution >= 4 is 22.9 Å². The van der Waals surface area contributed by atoms with Crippen LogP contribution in [0.4, 0.5) is 5.69 Å². The first-order valence-electron chi connectivity index (χ1n) is 9.63. The number of thiazole rings is 1. The number of anilines is 1. The number of hydrogen-bond donors (Lipinski definition) is 1. The van der Waals surface area contributed by atoms with Gasteiger partial charge in [-0.05, 0) is 42.8 Å². The molecular weight excluding hydrogens is 412 g/mol. The average Bonchev–Trinajstić information content (AvgIpc) is 3.43. The van der Waals surface area contributed by atoms with Crippen molar-refractivity contribution in [3.05, 3.63) is 77.3 Å². The van der Waals surface area contributed by atoms with Crippen molar-refractivity contribution in [2.75, 3.05) is 19.5 Å². The maximum Gasteiger partial charge on any atom is 0.267 e. The molecule has 0 saturated carbocycles. The number of imidazole rings is 1. The van der Waals surface area contributed by atoms with E-state index < -0.39 is 0 Å². The van der Waals surface area contributed by atoms with Crippen molar-refractivity contribution in [2.45, 2.75) is 13.5 Å². The highest BCUT2D eigenvalue weighted by molar-refractivity contribution is 7.17. The molecule has 4 rings (SSSR count). The molecule has 0 spiro atoms. The lowest BCUT2D eigenvalue weighted by Crippen LogP contribution is -2.11. The molecule has 1 amide bonds. The Morgan fingerprint density at radius 3 is 2.71 bits per heavy atom. The SMILES string of the molecule is COc1ccc(-c2nc(C)c(C(=O)Nc3cccc(Cn4ccnc4)c3)s2)cc1OC. The molecular formula is C23H22N4O3S. The van der Waals surface area contributed by atoms with Crippen molar-refractivity contribution in [1.82, 2.24) is 14.5 Å². The smallest absolute Gasteiger partial charge is 0.267 e. The molecule has 2 heterocycles. The monoisotopic (exact) mass is 434 g/mol. The van der Waals surface area contributed by atoms with Gasteiger partial charge >= 0.3 is 0 Å². The quantitative estimate of drug-likeness (QED) is 0.459. The largest absolute Gasteiger partial charge is 0.493 e. The van der Waals surface area contributed by atoms with Crippen LogP contribution in [0.15, 0.2) is 61.2 Å². The van der Waals surface area contributed by atoms with E-state index >= 15 is 0 Å². The van der Waals surface area contributed by atoms with Crippen LogP contribution in [0.25, 0.3) is 10.6 Å². The molecule has 2 aromatic carbocycles. The summed E-state index contributed by atoms with van der Waals surface area (Å²) in [6.45, 7) is 2.53. The molecule has 0 atom stereocenters. The van der Waals surface area contributed by atoms with Gasteiger partial charge in [0.05, 0.1) is 26.2 Å². The van der Waals surface area contributed by atoms with Gasteiger partial charge in [0.2, 0.25) is 0 Å². The zero-order chi connectivity index (χ0) is 21.8. The topological polar surface area (TPSA) is 78.3 Å². The Bertz CT molecular complexity index is 1200. The molecule has 2 aromatic heterocycles. The van der Waals surface area contributed by atoms with Gasteiger partial charge in [-0.3, -0.25) is 4.79 Å². The molecule has 0 aliphatic rings. The van der Waals surface area contributed by atoms with Crippen LogP contribution in [0.5, 0.6) is 11.5 Å². The summed E-state index contributed by atoms with van der Waals surface area (Å²) in [7, 11) is 3.19. The number of carbonyl (C=O) groups is 1. The zero-order valence-corrected chi connectivity index (χ0v) is 18.3. The highest BCUT2D eigenvalue weighted by Gasteiger charge is 2.18. The Hall–Kier alpha value is -3.65. The lowest BCUT2D eigenvalue weighted by atomic mass is 10.2. The summed E-state index contributed by atoms with van der Waals surface area (Å²) in [4.78, 5) is 22.2. The summed E-state index contributed by atoms with van der Waals surface area (Å²) in [5, 5.41) is 3.73. The average molecular weight is 435 g/mol. The van der Waals surface area contributed by atoms with E-state index in [1.807, 2.05) is 60.2 Å². The fourth-order valence-corrected chi connectivity index (χ4v) is 4.18. The Morgan fingerprint density at radius 2 is 1.97 bits per heavy atom. The first-order chi connectivity index (χ1) is 15.1. The molecule has 1 N–H and O–H groups in total. The standard InChI is InChI=1S/C23H22N4O3S/c1-15-21(31-23(25-15)17-7-8-19(29-2)20(12-17)30-3)22(28)26-18-6-4-5-16(11-18)13-27-10-9-24-14-27/h4-12,14H,13H2,1-3H3,(H,26,28). The fraction of sp³-hybridized carbons (Fsp3) is 0.174. The van der Waals surface area contributed by atoms with Gasteiger partial charge in [-0.25, -0.2) is 9.97 Å². The third-order valence-electron chi connectivity index (χ3n) is 4.74. The van der Waals surface area contributed by atoms with Gasteiger partial charge in [-0.2, -0.15) is 0 Å². The first kappa shape index (κ1) is 20.6. The summed E-state index contributed by atoms with van der Waals surface area (Å²) in [5.74, 6) is 1.09. The fourth-order valence-electron chi connectivity index (χ4n) is 3.23. The number of methoxy groups -OCH3 is 2. The number of benzene rings is 2. The van der Waals surface area contributed by atoms with E-state index in [4.69, 9.17) is 9.47 Å². The van der Waals surface area contributed by atoms with E-state index in [1.54, 1.807) is 26.7 Å². The molecule has 0 unspecified atom stereocenters. The van der Waals surface area contributed by atoms with Crippen LogP contribution in [-0.4, -0.2) is 34.7 Å². The molecule has 158 valence electrons. The van der Waals surface area contributed by atoms with Gasteiger partial charge < -0.3 is 19.4 Å². The predicted octanol–water partition coefficient (Wildman–Crippen LogP) is 4.63. The minimum Gasteiger partial charge on any atom is -0.493 e. The van der Waals surface area contributed by atoms with Crippen molar-refractivity contribution in [3.8, 4) is 22.1 Å². The van der Waals surface area contributed by atoms with Gasteiger partial charge in [0.15, 0.2) is 11.5 Å². The van der Waals surface area contributed by atoms with E-state index in [2.05, 4.69) is 15.3 Å². The first-order valence-corrected chi connectivity index (χ1v) is 10.4. The van der Waals surface area contributed by atoms with Crippen LogP contribution in [0, 0.1) is 6.92 Å². The van der Waals surface area contributed by atoms with Crippen LogP contribution >= 0.6 is 11.3 Å². The number of hydrogen-bond acceptors (Lipinski definition) is 6. The number of nitrogens with one attached hydrogen (secondary N) is 1. The Balaban J connectivity index is 1.53. The molecule has 31 heavy (non-hydrogen) atoms. The summed E-state index contributed by atoms with van der Waals surface area (Å²) in [6.07, 6.45) is 5.41. The number of amides is 1. The van der Waals surface area contributed by atoms with Crippen LogP contribution in [0.3, 0.4) is 0 Å². The zero-order valence-electron chi connectivity index (χ0n) is 17.5. The molecule has 0 aliphatic heterocycles. The highest BCUT2D eigenvalue weighted by atomic mass is 32.1. The molecule has 0 fully saturated rings. The normalized spacial score (nSPS) is 10.7. The number of nitrogens with zero attached hydrogens (tertiary/aromatic N) is 3. The predicted molar refractivity (Wildman–Crippen MR) is 121 cm³/mol. The molecule has 7 nitrogen and oxygen atoms in total. The second-order valence-corrected chi connectivity index (χ2v) is 7.89. The minimum atomic E-state index is -0.179. The van der Waals surface area contributed by atoms with E-state index in [0.717, 1.165) is 21.8 Å². The van der Waals surface area contributed by atoms with Gasteiger partial charge in [-0.15, -0.1) is 11.3 Å². The maximum atomic E-state index is 12.9. The third kappa shape index (κ3) is 4.59. The summed E-state index contributed by atoms with van der Waals surface area (Å²) in [6, 6.07) is 13.4. The van der Waals surface area contributed by atoms with Gasteiger partial charge in [-0.1, -0.05) is 12.1 Å². The minimum absolute atomic E-state index is 0.179. The summed E-state index contributed by atoms with van der Waals surface area (Å²) < 4.78 is 12.6. The Morgan fingerprint density at radius 1 is 1.13 bits per heavy atom. The van der Waals surface area contributed by atoms with Crippen LogP contribution < -0.4 is 14.8 Å². The van der Waals surface area contributed by atoms with E-state index in [0.29, 0.717) is 28.6 Å². The second-order valence-electron chi connectivity index (χ2n) is 6.89. The number of rotatable bonds is 7. The lowest BCUT2D eigenvalue weighted by Gasteiger charge is -2.08. The molecule has 0 saturated heterocycles. The van der Waals surface area contributed by atoms with Crippen molar-refractivity contribution in [2.24, 2.45) is 0 Å². The van der Waals surface area contributed by atoms with Crippen LogP contribution in [-0.2, 0) is 6.54 Å². The molecule has 0 bridgehead atoms. The van der Waals surface area contributed by atoms with E-state index in [-0.39, 0.29) is 5.91 Å². The second kappa shape index (κ2) is 9.01. The molecule has 0 radical (unpaired) electrons. The van der Waals surface area contributed by atoms with Gasteiger partial charge in [0, 0.05) is 30.2 Å². The van der Waals surface area contributed by atoms with Crippen molar-refractivity contribution in [3.63, 3.8) is 0 Å². The highest BCUT2D eigenvalue weighted by Crippen LogP contribution is 2.35. The maximum absolute atomic E-state index is 12.9. The summed E-state index contributed by atoms with van der Waals surface area (Å²) >= 11 is 1.35. The number of aromatic nitrogens is 3. The van der Waals surface area contributed by atoms with Crippen LogP contribution in [0.1, 0.15) is 20.9 Å². The summed E-state index contributed by atoms with van der Waals surface area (Å²) in [5.41, 5.74) is 3.36. The van der Waals surface area contributed by atoms with E-state index in [9.17, 15) is 4.79 Å². The Kier molecular flexibility index (Phi) is 5.99. The van der Waals surface area contributed by atoms with E-state index in [1.165, 1.54) is 11.3 Å². The molecule has 8 heteroatoms. The van der Waals surface area contributed by atoms with Gasteiger partial charge in [0.1, 0.15) is 9.88 Å². The number of aryl methyl sites for hydroxylation is 1. The molecule has 0 aliphatic carbocycles. The number of ether oxygens (including phenoxy) is 2. The molecule has 4 aromatic rings. The lowest BCUT2D eigenvalue weighted by molar-refractivity contribution is 0.103. The van der Waals surface area contributed by atoms with Crippen LogP contribution in [0.2, 0.25) is 0 Å².